The van der Waals surface area contributed by atoms with Crippen molar-refractivity contribution in [2.45, 2.75) is 38.5 Å². The average molecular weight is 212 g/mol. The lowest BCUT2D eigenvalue weighted by molar-refractivity contribution is -0.120. The summed E-state index contributed by atoms with van der Waals surface area (Å²) in [6, 6.07) is 0. The van der Waals surface area contributed by atoms with Crippen LogP contribution >= 0.6 is 12.2 Å². The second-order valence-electron chi connectivity index (χ2n) is 4.11. The van der Waals surface area contributed by atoms with Crippen LogP contribution in [-0.2, 0) is 4.79 Å². The van der Waals surface area contributed by atoms with E-state index in [9.17, 15) is 4.79 Å². The lowest BCUT2D eigenvalue weighted by Crippen LogP contribution is -2.32. The van der Waals surface area contributed by atoms with Gasteiger partial charge in [-0.3, -0.25) is 4.79 Å². The first-order chi connectivity index (χ1) is 6.68. The van der Waals surface area contributed by atoms with Gasteiger partial charge in [0.15, 0.2) is 0 Å². The van der Waals surface area contributed by atoms with Gasteiger partial charge in [0.2, 0.25) is 5.91 Å². The number of isothiocyanates is 1. The zero-order chi connectivity index (χ0) is 10.4. The Hall–Kier alpha value is -0.730. The number of primary amides is 1. The zero-order valence-corrected chi connectivity index (χ0v) is 9.11. The molecule has 1 aliphatic carbocycles. The zero-order valence-electron chi connectivity index (χ0n) is 8.29. The van der Waals surface area contributed by atoms with Crippen molar-refractivity contribution in [3.8, 4) is 0 Å². The summed E-state index contributed by atoms with van der Waals surface area (Å²) < 4.78 is 0. The van der Waals surface area contributed by atoms with E-state index in [0.29, 0.717) is 13.0 Å². The van der Waals surface area contributed by atoms with Gasteiger partial charge in [-0.1, -0.05) is 19.3 Å². The van der Waals surface area contributed by atoms with Crippen molar-refractivity contribution in [3.63, 3.8) is 0 Å². The Morgan fingerprint density at radius 1 is 1.43 bits per heavy atom. The molecule has 0 radical (unpaired) electrons. The molecular formula is C10H16N2OS. The Balaban J connectivity index is 2.65. The molecule has 0 aromatic heterocycles. The highest BCUT2D eigenvalue weighted by atomic mass is 32.1. The fraction of sp³-hybridized carbons (Fsp3) is 0.800. The number of thiocarbonyl (C=S) groups is 1. The number of amides is 1. The molecule has 2 N–H and O–H groups in total. The minimum Gasteiger partial charge on any atom is -0.370 e. The van der Waals surface area contributed by atoms with E-state index >= 15 is 0 Å². The third kappa shape index (κ3) is 3.20. The van der Waals surface area contributed by atoms with Crippen molar-refractivity contribution in [3.05, 3.63) is 0 Å². The summed E-state index contributed by atoms with van der Waals surface area (Å²) in [5.41, 5.74) is 5.24. The van der Waals surface area contributed by atoms with Crippen LogP contribution in [-0.4, -0.2) is 17.6 Å². The quantitative estimate of drug-likeness (QED) is 0.571. The number of nitrogens with two attached hydrogens (primary N) is 1. The van der Waals surface area contributed by atoms with Crippen LogP contribution in [0.4, 0.5) is 0 Å². The van der Waals surface area contributed by atoms with Gasteiger partial charge in [0, 0.05) is 6.42 Å². The number of aliphatic imine (C=N–C) groups is 1. The maximum atomic E-state index is 11.0. The fourth-order valence-electron chi connectivity index (χ4n) is 2.26. The minimum absolute atomic E-state index is 0.0180. The molecule has 0 heterocycles. The third-order valence-electron chi connectivity index (χ3n) is 2.94. The molecular weight excluding hydrogens is 196 g/mol. The summed E-state index contributed by atoms with van der Waals surface area (Å²) in [5, 5.41) is 2.37. The van der Waals surface area contributed by atoms with Gasteiger partial charge in [0.1, 0.15) is 0 Å². The average Bonchev–Trinajstić information content (AvgIpc) is 2.15. The maximum Gasteiger partial charge on any atom is 0.218 e. The van der Waals surface area contributed by atoms with E-state index in [1.54, 1.807) is 0 Å². The number of hydrogen-bond acceptors (Lipinski definition) is 3. The summed E-state index contributed by atoms with van der Waals surface area (Å²) in [6.45, 7) is 0.611. The van der Waals surface area contributed by atoms with Gasteiger partial charge in [0.25, 0.3) is 0 Å². The molecule has 3 nitrogen and oxygen atoms in total. The molecule has 1 saturated carbocycles. The minimum atomic E-state index is -0.230. The van der Waals surface area contributed by atoms with Crippen LogP contribution in [0.2, 0.25) is 0 Å². The first kappa shape index (κ1) is 11.3. The number of nitrogens with zero attached hydrogens (tertiary/aromatic N) is 1. The molecule has 1 fully saturated rings. The molecule has 1 aliphatic rings. The predicted octanol–water partition coefficient (Wildman–Crippen LogP) is 1.92. The van der Waals surface area contributed by atoms with E-state index < -0.39 is 0 Å². The molecule has 0 aromatic carbocycles. The van der Waals surface area contributed by atoms with Gasteiger partial charge in [-0.05, 0) is 30.5 Å². The maximum absolute atomic E-state index is 11.0. The number of rotatable bonds is 4. The van der Waals surface area contributed by atoms with E-state index in [1.165, 1.54) is 19.3 Å². The summed E-state index contributed by atoms with van der Waals surface area (Å²) in [5.74, 6) is -0.230. The number of hydrogen-bond donors (Lipinski definition) is 1. The lowest BCUT2D eigenvalue weighted by atomic mass is 9.71. The topological polar surface area (TPSA) is 55.5 Å². The molecule has 78 valence electrons. The monoisotopic (exact) mass is 212 g/mol. The summed E-state index contributed by atoms with van der Waals surface area (Å²) in [4.78, 5) is 14.9. The summed E-state index contributed by atoms with van der Waals surface area (Å²) in [6.07, 6.45) is 6.10. The predicted molar refractivity (Wildman–Crippen MR) is 59.2 cm³/mol. The molecule has 0 atom stereocenters. The van der Waals surface area contributed by atoms with Crippen molar-refractivity contribution in [1.82, 2.24) is 0 Å². The van der Waals surface area contributed by atoms with E-state index in [2.05, 4.69) is 22.4 Å². The van der Waals surface area contributed by atoms with Crippen LogP contribution < -0.4 is 5.73 Å². The van der Waals surface area contributed by atoms with Crippen molar-refractivity contribution in [2.75, 3.05) is 6.54 Å². The first-order valence-corrected chi connectivity index (χ1v) is 5.41. The SMILES string of the molecule is NC(=O)CC1(CN=C=S)CCCCC1. The Bertz CT molecular complexity index is 247. The van der Waals surface area contributed by atoms with Crippen molar-refractivity contribution >= 4 is 23.3 Å². The molecule has 0 aliphatic heterocycles. The van der Waals surface area contributed by atoms with E-state index in [-0.39, 0.29) is 11.3 Å². The van der Waals surface area contributed by atoms with Crippen LogP contribution in [0.25, 0.3) is 0 Å². The summed E-state index contributed by atoms with van der Waals surface area (Å²) in [7, 11) is 0. The van der Waals surface area contributed by atoms with Gasteiger partial charge in [-0.15, -0.1) is 0 Å². The van der Waals surface area contributed by atoms with Crippen LogP contribution in [0.15, 0.2) is 4.99 Å². The van der Waals surface area contributed by atoms with E-state index in [4.69, 9.17) is 5.73 Å². The third-order valence-corrected chi connectivity index (χ3v) is 3.07. The van der Waals surface area contributed by atoms with Crippen molar-refractivity contribution in [1.29, 1.82) is 0 Å². The lowest BCUT2D eigenvalue weighted by Gasteiger charge is -2.34. The summed E-state index contributed by atoms with van der Waals surface area (Å²) >= 11 is 4.55. The smallest absolute Gasteiger partial charge is 0.218 e. The Labute approximate surface area is 89.8 Å². The van der Waals surface area contributed by atoms with Gasteiger partial charge in [-0.2, -0.15) is 0 Å². The Kier molecular flexibility index (Phi) is 4.23. The molecule has 0 unspecified atom stereocenters. The molecule has 1 amide bonds. The van der Waals surface area contributed by atoms with E-state index in [1.807, 2.05) is 0 Å². The van der Waals surface area contributed by atoms with Crippen LogP contribution in [0.5, 0.6) is 0 Å². The van der Waals surface area contributed by atoms with Crippen molar-refractivity contribution in [2.24, 2.45) is 16.1 Å². The molecule has 14 heavy (non-hydrogen) atoms. The van der Waals surface area contributed by atoms with Gasteiger partial charge in [0.05, 0.1) is 11.7 Å². The van der Waals surface area contributed by atoms with Gasteiger partial charge in [-0.25, -0.2) is 4.99 Å². The van der Waals surface area contributed by atoms with E-state index in [0.717, 1.165) is 12.8 Å². The largest absolute Gasteiger partial charge is 0.370 e. The van der Waals surface area contributed by atoms with Crippen molar-refractivity contribution < 1.29 is 4.79 Å². The standard InChI is InChI=1S/C10H16N2OS/c11-9(13)6-10(7-12-8-14)4-2-1-3-5-10/h1-7H2,(H2,11,13). The highest BCUT2D eigenvalue weighted by Crippen LogP contribution is 2.39. The molecule has 0 spiro atoms. The molecule has 0 saturated heterocycles. The normalized spacial score (nSPS) is 19.7. The number of carbonyl (C=O) groups excluding carboxylic acids is 1. The molecule has 0 aromatic rings. The molecule has 4 heteroatoms. The molecule has 1 rings (SSSR count). The van der Waals surface area contributed by atoms with Gasteiger partial charge >= 0.3 is 0 Å². The molecule has 0 bridgehead atoms. The van der Waals surface area contributed by atoms with Crippen LogP contribution in [0.3, 0.4) is 0 Å². The Morgan fingerprint density at radius 2 is 2.07 bits per heavy atom. The fourth-order valence-corrected chi connectivity index (χ4v) is 2.33. The second-order valence-corrected chi connectivity index (χ2v) is 4.29. The number of carbonyl (C=O) groups is 1. The first-order valence-electron chi connectivity index (χ1n) is 5.00. The second kappa shape index (κ2) is 5.23. The highest BCUT2D eigenvalue weighted by Gasteiger charge is 2.33. The van der Waals surface area contributed by atoms with Crippen LogP contribution in [0, 0.1) is 5.41 Å². The van der Waals surface area contributed by atoms with Gasteiger partial charge < -0.3 is 5.73 Å². The van der Waals surface area contributed by atoms with Crippen LogP contribution in [0.1, 0.15) is 38.5 Å². The highest BCUT2D eigenvalue weighted by molar-refractivity contribution is 7.78. The Morgan fingerprint density at radius 3 is 2.57 bits per heavy atom.